The third-order valence-corrected chi connectivity index (χ3v) is 6.53. The Kier molecular flexibility index (Phi) is 5.36. The fraction of sp³-hybridized carbons (Fsp3) is 0.417. The predicted octanol–water partition coefficient (Wildman–Crippen LogP) is 3.86. The van der Waals surface area contributed by atoms with Gasteiger partial charge in [0.05, 0.1) is 23.8 Å². The average Bonchev–Trinajstić information content (AvgIpc) is 3.36. The highest BCUT2D eigenvalue weighted by Crippen LogP contribution is 2.28. The number of amides is 1. The molecule has 1 saturated carbocycles. The van der Waals surface area contributed by atoms with E-state index in [2.05, 4.69) is 39.4 Å². The summed E-state index contributed by atoms with van der Waals surface area (Å²) in [5.74, 6) is -0.231. The van der Waals surface area contributed by atoms with E-state index >= 15 is 0 Å². The summed E-state index contributed by atoms with van der Waals surface area (Å²) in [5, 5.41) is 7.49. The number of fused-ring (bicyclic) bond motifs is 2. The van der Waals surface area contributed by atoms with Crippen LogP contribution in [0.4, 0.5) is 10.2 Å². The smallest absolute Gasteiger partial charge is 0.228 e. The van der Waals surface area contributed by atoms with E-state index in [1.54, 1.807) is 21.3 Å². The van der Waals surface area contributed by atoms with Crippen LogP contribution in [0.3, 0.4) is 0 Å². The third-order valence-electron chi connectivity index (χ3n) is 6.53. The molecular formula is C24H28FN7O. The predicted molar refractivity (Wildman–Crippen MR) is 125 cm³/mol. The van der Waals surface area contributed by atoms with Crippen LogP contribution in [0.25, 0.3) is 22.6 Å². The summed E-state index contributed by atoms with van der Waals surface area (Å²) in [6.45, 7) is 3.87. The zero-order chi connectivity index (χ0) is 23.3. The SMILES string of the molecule is Cc1cn2nc(-c3cc(F)c4nc(NC(=O)C5CCCC(N(C)C)C5)cn4c3)cc(C)c2n1. The summed E-state index contributed by atoms with van der Waals surface area (Å²) >= 11 is 0. The van der Waals surface area contributed by atoms with E-state index in [9.17, 15) is 9.18 Å². The van der Waals surface area contributed by atoms with Crippen molar-refractivity contribution in [2.75, 3.05) is 19.4 Å². The zero-order valence-corrected chi connectivity index (χ0v) is 19.3. The minimum absolute atomic E-state index is 0.0520. The van der Waals surface area contributed by atoms with Gasteiger partial charge in [0.1, 0.15) is 0 Å². The number of imidazole rings is 2. The van der Waals surface area contributed by atoms with Crippen molar-refractivity contribution in [2.24, 2.45) is 5.92 Å². The molecule has 8 nitrogen and oxygen atoms in total. The van der Waals surface area contributed by atoms with Crippen LogP contribution < -0.4 is 5.32 Å². The minimum atomic E-state index is -0.473. The molecule has 0 aliphatic heterocycles. The highest BCUT2D eigenvalue weighted by Gasteiger charge is 2.28. The number of halogens is 1. The molecule has 5 rings (SSSR count). The van der Waals surface area contributed by atoms with Gasteiger partial charge in [-0.25, -0.2) is 18.9 Å². The fourth-order valence-corrected chi connectivity index (χ4v) is 4.74. The number of nitrogens with zero attached hydrogens (tertiary/aromatic N) is 6. The van der Waals surface area contributed by atoms with Gasteiger partial charge in [-0.05, 0) is 64.9 Å². The molecule has 4 aromatic heterocycles. The van der Waals surface area contributed by atoms with Gasteiger partial charge in [0.15, 0.2) is 22.9 Å². The lowest BCUT2D eigenvalue weighted by Crippen LogP contribution is -2.37. The Labute approximate surface area is 191 Å². The zero-order valence-electron chi connectivity index (χ0n) is 19.3. The van der Waals surface area contributed by atoms with E-state index in [4.69, 9.17) is 0 Å². The molecule has 1 N–H and O–H groups in total. The Hall–Kier alpha value is -3.33. The molecule has 0 aromatic carbocycles. The largest absolute Gasteiger partial charge is 0.309 e. The summed E-state index contributed by atoms with van der Waals surface area (Å²) in [6, 6.07) is 3.73. The van der Waals surface area contributed by atoms with Crippen molar-refractivity contribution < 1.29 is 9.18 Å². The Morgan fingerprint density at radius 2 is 1.94 bits per heavy atom. The molecule has 4 heterocycles. The van der Waals surface area contributed by atoms with Crippen LogP contribution in [0.2, 0.25) is 0 Å². The van der Waals surface area contributed by atoms with Gasteiger partial charge in [-0.15, -0.1) is 0 Å². The van der Waals surface area contributed by atoms with Crippen LogP contribution in [-0.4, -0.2) is 54.9 Å². The van der Waals surface area contributed by atoms with Gasteiger partial charge in [-0.1, -0.05) is 6.42 Å². The Bertz CT molecular complexity index is 1360. The van der Waals surface area contributed by atoms with Crippen molar-refractivity contribution in [1.29, 1.82) is 0 Å². The first-order valence-electron chi connectivity index (χ1n) is 11.3. The van der Waals surface area contributed by atoms with Gasteiger partial charge < -0.3 is 14.6 Å². The summed E-state index contributed by atoms with van der Waals surface area (Å²) in [4.78, 5) is 23.8. The van der Waals surface area contributed by atoms with Crippen LogP contribution in [0.5, 0.6) is 0 Å². The molecule has 2 unspecified atom stereocenters. The third kappa shape index (κ3) is 4.08. The van der Waals surface area contributed by atoms with Crippen molar-refractivity contribution in [3.63, 3.8) is 0 Å². The van der Waals surface area contributed by atoms with Gasteiger partial charge >= 0.3 is 0 Å². The number of hydrogen-bond acceptors (Lipinski definition) is 5. The molecule has 9 heteroatoms. The summed E-state index contributed by atoms with van der Waals surface area (Å²) < 4.78 is 18.3. The lowest BCUT2D eigenvalue weighted by molar-refractivity contribution is -0.121. The van der Waals surface area contributed by atoms with Crippen LogP contribution in [-0.2, 0) is 4.79 Å². The quantitative estimate of drug-likeness (QED) is 0.512. The fourth-order valence-electron chi connectivity index (χ4n) is 4.74. The van der Waals surface area contributed by atoms with E-state index in [1.165, 1.54) is 6.07 Å². The summed E-state index contributed by atoms with van der Waals surface area (Å²) in [7, 11) is 4.10. The molecule has 1 amide bonds. The van der Waals surface area contributed by atoms with Crippen LogP contribution >= 0.6 is 0 Å². The molecular weight excluding hydrogens is 421 g/mol. The number of carbonyl (C=O) groups excluding carboxylic acids is 1. The molecule has 0 spiro atoms. The number of hydrogen-bond donors (Lipinski definition) is 1. The second-order valence-corrected chi connectivity index (χ2v) is 9.27. The lowest BCUT2D eigenvalue weighted by Gasteiger charge is -2.32. The Morgan fingerprint density at radius 1 is 1.12 bits per heavy atom. The number of pyridine rings is 1. The molecule has 1 fully saturated rings. The first kappa shape index (κ1) is 21.5. The molecule has 1 aliphatic carbocycles. The summed E-state index contributed by atoms with van der Waals surface area (Å²) in [6.07, 6.45) is 9.10. The Balaban J connectivity index is 1.42. The van der Waals surface area contributed by atoms with E-state index in [0.29, 0.717) is 23.1 Å². The highest BCUT2D eigenvalue weighted by atomic mass is 19.1. The second kappa shape index (κ2) is 8.22. The van der Waals surface area contributed by atoms with Crippen molar-refractivity contribution in [2.45, 2.75) is 45.6 Å². The van der Waals surface area contributed by atoms with E-state index in [-0.39, 0.29) is 17.5 Å². The molecule has 1 aliphatic rings. The lowest BCUT2D eigenvalue weighted by atomic mass is 9.84. The van der Waals surface area contributed by atoms with Crippen LogP contribution in [0.15, 0.2) is 30.7 Å². The molecule has 172 valence electrons. The van der Waals surface area contributed by atoms with Crippen molar-refractivity contribution in [3.8, 4) is 11.3 Å². The average molecular weight is 450 g/mol. The maximum absolute atomic E-state index is 14.9. The number of carbonyl (C=O) groups is 1. The van der Waals surface area contributed by atoms with Gasteiger partial charge in [-0.2, -0.15) is 5.10 Å². The molecule has 2 atom stereocenters. The van der Waals surface area contributed by atoms with Gasteiger partial charge in [0.25, 0.3) is 0 Å². The Morgan fingerprint density at radius 3 is 2.73 bits per heavy atom. The number of nitrogens with one attached hydrogen (secondary N) is 1. The normalized spacial score (nSPS) is 19.0. The van der Waals surface area contributed by atoms with Crippen molar-refractivity contribution >= 4 is 23.0 Å². The standard InChI is InChI=1S/C24H28FN7O/c1-14-8-20(29-32-11-15(2)26-22(14)32)17-10-19(25)23-27-21(13-31(23)12-17)28-24(33)16-6-5-7-18(9-16)30(3)4/h8,10-13,16,18H,5-7,9H2,1-4H3,(H,28,33). The maximum atomic E-state index is 14.9. The van der Waals surface area contributed by atoms with Crippen molar-refractivity contribution in [3.05, 3.63) is 47.8 Å². The van der Waals surface area contributed by atoms with Gasteiger partial charge in [0, 0.05) is 23.7 Å². The molecule has 0 radical (unpaired) electrons. The number of rotatable bonds is 4. The number of aryl methyl sites for hydroxylation is 2. The number of aromatic nitrogens is 5. The van der Waals surface area contributed by atoms with Crippen LogP contribution in [0.1, 0.15) is 36.9 Å². The first-order valence-corrected chi connectivity index (χ1v) is 11.3. The van der Waals surface area contributed by atoms with E-state index in [1.807, 2.05) is 26.1 Å². The van der Waals surface area contributed by atoms with Gasteiger partial charge in [-0.3, -0.25) is 4.79 Å². The molecule has 0 saturated heterocycles. The molecule has 0 bridgehead atoms. The first-order chi connectivity index (χ1) is 15.8. The molecule has 33 heavy (non-hydrogen) atoms. The van der Waals surface area contributed by atoms with E-state index in [0.717, 1.165) is 42.6 Å². The topological polar surface area (TPSA) is 79.8 Å². The second-order valence-electron chi connectivity index (χ2n) is 9.27. The monoisotopic (exact) mass is 449 g/mol. The van der Waals surface area contributed by atoms with Crippen LogP contribution in [0, 0.1) is 25.6 Å². The number of anilines is 1. The maximum Gasteiger partial charge on any atom is 0.228 e. The van der Waals surface area contributed by atoms with Gasteiger partial charge in [0.2, 0.25) is 5.91 Å². The van der Waals surface area contributed by atoms with E-state index < -0.39 is 5.82 Å². The minimum Gasteiger partial charge on any atom is -0.309 e. The highest BCUT2D eigenvalue weighted by molar-refractivity contribution is 5.92. The summed E-state index contributed by atoms with van der Waals surface area (Å²) in [5.41, 5.74) is 4.02. The van der Waals surface area contributed by atoms with Crippen molar-refractivity contribution in [1.82, 2.24) is 28.9 Å². The molecule has 4 aromatic rings.